The molecule has 0 fully saturated rings. The summed E-state index contributed by atoms with van der Waals surface area (Å²) in [6, 6.07) is 10.4. The van der Waals surface area contributed by atoms with E-state index in [1.165, 1.54) is 11.8 Å². The first kappa shape index (κ1) is 19.0. The van der Waals surface area contributed by atoms with Crippen LogP contribution < -0.4 is 0 Å². The number of rotatable bonds is 6. The van der Waals surface area contributed by atoms with Gasteiger partial charge in [-0.1, -0.05) is 12.1 Å². The first-order valence-corrected chi connectivity index (χ1v) is 10.7. The molecule has 1 unspecified atom stereocenters. The van der Waals surface area contributed by atoms with E-state index in [1.807, 2.05) is 36.4 Å². The van der Waals surface area contributed by atoms with E-state index in [9.17, 15) is 13.2 Å². The molecule has 3 heterocycles. The van der Waals surface area contributed by atoms with Gasteiger partial charge in [-0.15, -0.1) is 10.2 Å². The lowest BCUT2D eigenvalue weighted by atomic mass is 10.1. The van der Waals surface area contributed by atoms with Crippen LogP contribution in [0, 0.1) is 0 Å². The lowest BCUT2D eigenvalue weighted by molar-refractivity contribution is -0.132. The fourth-order valence-corrected chi connectivity index (χ4v) is 4.47. The Morgan fingerprint density at radius 2 is 1.86 bits per heavy atom. The van der Waals surface area contributed by atoms with Gasteiger partial charge in [0.1, 0.15) is 0 Å². The van der Waals surface area contributed by atoms with Gasteiger partial charge in [0.2, 0.25) is 18.2 Å². The number of sulfone groups is 1. The fourth-order valence-electron chi connectivity index (χ4n) is 3.17. The third kappa shape index (κ3) is 4.57. The van der Waals surface area contributed by atoms with Gasteiger partial charge in [0.15, 0.2) is 9.84 Å². The van der Waals surface area contributed by atoms with Crippen molar-refractivity contribution < 1.29 is 17.6 Å². The first-order chi connectivity index (χ1) is 14.0. The molecular weight excluding hydrogens is 392 g/mol. The Hall–Kier alpha value is -3.33. The second kappa shape index (κ2) is 7.96. The molecule has 0 radical (unpaired) electrons. The highest BCUT2D eigenvalue weighted by Crippen LogP contribution is 2.21. The number of pyridine rings is 1. The highest BCUT2D eigenvalue weighted by molar-refractivity contribution is 7.94. The lowest BCUT2D eigenvalue weighted by Crippen LogP contribution is -2.41. The van der Waals surface area contributed by atoms with E-state index < -0.39 is 15.9 Å². The van der Waals surface area contributed by atoms with Crippen LogP contribution in [0.4, 0.5) is 0 Å². The molecule has 9 heteroatoms. The Morgan fingerprint density at radius 1 is 1.10 bits per heavy atom. The van der Waals surface area contributed by atoms with Crippen molar-refractivity contribution in [1.29, 1.82) is 0 Å². The summed E-state index contributed by atoms with van der Waals surface area (Å²) in [5.74, 6) is 0.155. The number of carbonyl (C=O) groups is 1. The van der Waals surface area contributed by atoms with Crippen LogP contribution in [0.15, 0.2) is 71.1 Å². The molecule has 4 rings (SSSR count). The molecule has 0 spiro atoms. The second-order valence-corrected chi connectivity index (χ2v) is 8.65. The van der Waals surface area contributed by atoms with E-state index in [0.717, 1.165) is 16.7 Å². The van der Waals surface area contributed by atoms with Crippen LogP contribution >= 0.6 is 0 Å². The maximum absolute atomic E-state index is 13.1. The Bertz CT molecular complexity index is 1110. The molecule has 1 aliphatic rings. The molecular formula is C20H18N4O4S. The summed E-state index contributed by atoms with van der Waals surface area (Å²) < 4.78 is 28.9. The zero-order valence-corrected chi connectivity index (χ0v) is 16.2. The number of amides is 1. The minimum absolute atomic E-state index is 0.0973. The molecule has 8 nitrogen and oxygen atoms in total. The van der Waals surface area contributed by atoms with Crippen LogP contribution in [0.25, 0.3) is 11.5 Å². The molecule has 1 aliphatic heterocycles. The quantitative estimate of drug-likeness (QED) is 0.612. The summed E-state index contributed by atoms with van der Waals surface area (Å²) in [7, 11) is -3.28. The summed E-state index contributed by atoms with van der Waals surface area (Å²) in [4.78, 5) is 18.7. The molecule has 1 amide bonds. The Kier molecular flexibility index (Phi) is 5.22. The van der Waals surface area contributed by atoms with Crippen molar-refractivity contribution in [2.45, 2.75) is 19.0 Å². The predicted octanol–water partition coefficient (Wildman–Crippen LogP) is 2.01. The van der Waals surface area contributed by atoms with Crippen molar-refractivity contribution in [2.24, 2.45) is 0 Å². The zero-order valence-electron chi connectivity index (χ0n) is 15.4. The Morgan fingerprint density at radius 3 is 2.48 bits per heavy atom. The highest BCUT2D eigenvalue weighted by Gasteiger charge is 2.30. The standard InChI is InChI=1S/C20H18N4O4S/c25-19(11-15-1-3-17(4-2-15)20-23-22-14-28-20)24(12-16-5-8-21-9-6-16)18-7-10-29(26,27)13-18/h1-10,14,18H,11-13H2. The van der Waals surface area contributed by atoms with Crippen molar-refractivity contribution in [3.63, 3.8) is 0 Å². The van der Waals surface area contributed by atoms with Gasteiger partial charge in [-0.3, -0.25) is 9.78 Å². The molecule has 0 bridgehead atoms. The van der Waals surface area contributed by atoms with E-state index in [0.29, 0.717) is 12.4 Å². The summed E-state index contributed by atoms with van der Waals surface area (Å²) in [5.41, 5.74) is 2.46. The summed E-state index contributed by atoms with van der Waals surface area (Å²) in [6.07, 6.45) is 6.28. The van der Waals surface area contributed by atoms with Crippen LogP contribution in [-0.2, 0) is 27.6 Å². The monoisotopic (exact) mass is 410 g/mol. The Balaban J connectivity index is 1.52. The van der Waals surface area contributed by atoms with Crippen molar-refractivity contribution in [3.05, 3.63) is 77.8 Å². The van der Waals surface area contributed by atoms with Crippen molar-refractivity contribution in [3.8, 4) is 11.5 Å². The normalized spacial score (nSPS) is 17.3. The molecule has 0 saturated carbocycles. The number of nitrogens with zero attached hydrogens (tertiary/aromatic N) is 4. The number of hydrogen-bond acceptors (Lipinski definition) is 7. The first-order valence-electron chi connectivity index (χ1n) is 8.95. The van der Waals surface area contributed by atoms with Gasteiger partial charge >= 0.3 is 0 Å². The van der Waals surface area contributed by atoms with Crippen LogP contribution in [0.1, 0.15) is 11.1 Å². The smallest absolute Gasteiger partial charge is 0.247 e. The molecule has 0 saturated heterocycles. The SMILES string of the molecule is O=C(Cc1ccc(-c2nnco2)cc1)N(Cc1ccncc1)C1C=CS(=O)(=O)C1. The number of benzene rings is 1. The number of carbonyl (C=O) groups excluding carboxylic acids is 1. The minimum atomic E-state index is -3.28. The number of aromatic nitrogens is 3. The van der Waals surface area contributed by atoms with E-state index in [2.05, 4.69) is 15.2 Å². The van der Waals surface area contributed by atoms with Gasteiger partial charge in [0.25, 0.3) is 0 Å². The van der Waals surface area contributed by atoms with Gasteiger partial charge in [-0.2, -0.15) is 0 Å². The molecule has 0 aliphatic carbocycles. The van der Waals surface area contributed by atoms with Gasteiger partial charge < -0.3 is 9.32 Å². The molecule has 29 heavy (non-hydrogen) atoms. The maximum atomic E-state index is 13.1. The van der Waals surface area contributed by atoms with Crippen molar-refractivity contribution in [1.82, 2.24) is 20.1 Å². The third-order valence-corrected chi connectivity index (χ3v) is 6.03. The molecule has 1 atom stereocenters. The van der Waals surface area contributed by atoms with Gasteiger partial charge in [-0.05, 0) is 41.5 Å². The highest BCUT2D eigenvalue weighted by atomic mass is 32.2. The van der Waals surface area contributed by atoms with Crippen LogP contribution in [-0.4, -0.2) is 46.2 Å². The molecule has 148 valence electrons. The maximum Gasteiger partial charge on any atom is 0.247 e. The molecule has 1 aromatic carbocycles. The largest absolute Gasteiger partial charge is 0.423 e. The predicted molar refractivity (Wildman–Crippen MR) is 105 cm³/mol. The average Bonchev–Trinajstić information content (AvgIpc) is 3.37. The van der Waals surface area contributed by atoms with Gasteiger partial charge in [-0.25, -0.2) is 8.42 Å². The van der Waals surface area contributed by atoms with Gasteiger partial charge in [0.05, 0.1) is 18.2 Å². The molecule has 0 N–H and O–H groups in total. The summed E-state index contributed by atoms with van der Waals surface area (Å²) >= 11 is 0. The fraction of sp³-hybridized carbons (Fsp3) is 0.200. The van der Waals surface area contributed by atoms with Gasteiger partial charge in [0, 0.05) is 29.9 Å². The molecule has 2 aromatic heterocycles. The lowest BCUT2D eigenvalue weighted by Gasteiger charge is -2.28. The summed E-state index contributed by atoms with van der Waals surface area (Å²) in [5, 5.41) is 8.69. The zero-order chi connectivity index (χ0) is 20.3. The number of hydrogen-bond donors (Lipinski definition) is 0. The third-order valence-electron chi connectivity index (χ3n) is 4.65. The van der Waals surface area contributed by atoms with E-state index >= 15 is 0 Å². The topological polar surface area (TPSA) is 106 Å². The molecule has 3 aromatic rings. The van der Waals surface area contributed by atoms with Crippen LogP contribution in [0.2, 0.25) is 0 Å². The summed E-state index contributed by atoms with van der Waals surface area (Å²) in [6.45, 7) is 0.311. The van der Waals surface area contributed by atoms with Crippen molar-refractivity contribution in [2.75, 3.05) is 5.75 Å². The average molecular weight is 410 g/mol. The van der Waals surface area contributed by atoms with Crippen molar-refractivity contribution >= 4 is 15.7 Å². The second-order valence-electron chi connectivity index (χ2n) is 6.72. The Labute approximate surface area is 167 Å². The van der Waals surface area contributed by atoms with Crippen LogP contribution in [0.3, 0.4) is 0 Å². The van der Waals surface area contributed by atoms with E-state index in [1.54, 1.807) is 23.4 Å². The van der Waals surface area contributed by atoms with E-state index in [4.69, 9.17) is 4.42 Å². The van der Waals surface area contributed by atoms with E-state index in [-0.39, 0.29) is 18.1 Å². The minimum Gasteiger partial charge on any atom is -0.423 e. The van der Waals surface area contributed by atoms with Crippen LogP contribution in [0.5, 0.6) is 0 Å².